The van der Waals surface area contributed by atoms with Crippen LogP contribution in [0.3, 0.4) is 0 Å². The molecule has 2 heterocycles. The number of rotatable bonds is 14. The predicted octanol–water partition coefficient (Wildman–Crippen LogP) is 4.94. The number of nitrogens with one attached hydrogen (secondary N) is 2. The van der Waals surface area contributed by atoms with Gasteiger partial charge in [-0.1, -0.05) is 103 Å². The van der Waals surface area contributed by atoms with Crippen LogP contribution in [0, 0.1) is 12.8 Å². The van der Waals surface area contributed by atoms with Gasteiger partial charge in [-0.15, -0.1) is 0 Å². The topological polar surface area (TPSA) is 137 Å². The number of amides is 1. The highest BCUT2D eigenvalue weighted by Crippen LogP contribution is 2.42. The van der Waals surface area contributed by atoms with Crippen molar-refractivity contribution in [2.75, 3.05) is 19.7 Å². The van der Waals surface area contributed by atoms with Crippen LogP contribution in [0.5, 0.6) is 0 Å². The van der Waals surface area contributed by atoms with Gasteiger partial charge in [-0.2, -0.15) is 4.72 Å². The Bertz CT molecular complexity index is 1860. The third-order valence-corrected chi connectivity index (χ3v) is 11.7. The molecule has 276 valence electrons. The summed E-state index contributed by atoms with van der Waals surface area (Å²) in [5, 5.41) is 22.5. The second-order valence-electron chi connectivity index (χ2n) is 13.9. The number of aliphatic hydroxyl groups is 2. The number of aryl methyl sites for hydroxylation is 1. The zero-order valence-corrected chi connectivity index (χ0v) is 30.5. The average molecular weight is 728 g/mol. The number of sulfonamides is 1. The summed E-state index contributed by atoms with van der Waals surface area (Å²) in [5.74, 6) is -0.407. The van der Waals surface area contributed by atoms with Gasteiger partial charge in [0.15, 0.2) is 6.29 Å². The van der Waals surface area contributed by atoms with Crippen LogP contribution >= 0.6 is 0 Å². The van der Waals surface area contributed by atoms with Crippen LogP contribution in [-0.4, -0.2) is 67.3 Å². The van der Waals surface area contributed by atoms with Crippen LogP contribution in [0.4, 0.5) is 0 Å². The Hall–Kier alpha value is -3.94. The summed E-state index contributed by atoms with van der Waals surface area (Å²) in [7, 11) is -3.96. The molecule has 2 aliphatic heterocycles. The average Bonchev–Trinajstić information content (AvgIpc) is 3.62. The molecule has 0 aliphatic carbocycles. The normalized spacial score (nSPS) is 23.0. The highest BCUT2D eigenvalue weighted by Gasteiger charge is 2.40. The smallest absolute Gasteiger partial charge is 0.241 e. The molecule has 1 amide bonds. The second kappa shape index (κ2) is 17.3. The van der Waals surface area contributed by atoms with E-state index in [1.807, 2.05) is 85.8 Å². The summed E-state index contributed by atoms with van der Waals surface area (Å²) in [6.07, 6.45) is 1.14. The first kappa shape index (κ1) is 37.8. The molecule has 0 saturated carbocycles. The fourth-order valence-electron chi connectivity index (χ4n) is 7.02. The van der Waals surface area contributed by atoms with Crippen LogP contribution < -0.4 is 10.0 Å². The molecule has 4 aromatic carbocycles. The Kier molecular flexibility index (Phi) is 12.5. The maximum absolute atomic E-state index is 13.6. The van der Waals surface area contributed by atoms with Crippen LogP contribution in [-0.2, 0) is 43.9 Å². The minimum absolute atomic E-state index is 0.0259. The van der Waals surface area contributed by atoms with E-state index in [9.17, 15) is 23.4 Å². The number of likely N-dealkylation sites (tertiary alicyclic amines) is 1. The Morgan fingerprint density at radius 2 is 1.54 bits per heavy atom. The summed E-state index contributed by atoms with van der Waals surface area (Å²) in [6, 6.07) is 30.4. The summed E-state index contributed by atoms with van der Waals surface area (Å²) < 4.78 is 42.4. The molecule has 6 atom stereocenters. The Balaban J connectivity index is 1.15. The molecule has 10 nitrogen and oxygen atoms in total. The number of hydrogen-bond donors (Lipinski definition) is 4. The Morgan fingerprint density at radius 3 is 2.21 bits per heavy atom. The second-order valence-corrected chi connectivity index (χ2v) is 15.6. The van der Waals surface area contributed by atoms with Crippen molar-refractivity contribution in [3.8, 4) is 0 Å². The lowest BCUT2D eigenvalue weighted by atomic mass is 9.90. The Morgan fingerprint density at radius 1 is 0.865 bits per heavy atom. The lowest BCUT2D eigenvalue weighted by Crippen LogP contribution is -2.47. The van der Waals surface area contributed by atoms with Gasteiger partial charge in [0.05, 0.1) is 30.3 Å². The largest absolute Gasteiger partial charge is 0.395 e. The third-order valence-electron chi connectivity index (χ3n) is 10.2. The lowest BCUT2D eigenvalue weighted by Gasteiger charge is -2.43. The van der Waals surface area contributed by atoms with Crippen LogP contribution in [0.25, 0.3) is 0 Å². The lowest BCUT2D eigenvalue weighted by molar-refractivity contribution is -0.276. The van der Waals surface area contributed by atoms with E-state index in [-0.39, 0.29) is 55.2 Å². The number of nitrogens with zero attached hydrogens (tertiary/aromatic N) is 1. The SMILES string of the molecule is Cc1ccc(S(=O)(=O)NC(Cc2ccccc2)C(=O)NCc2ccc(C3OC(CN4CCCC4CO)C(C)C(c4ccc(CO)cc4)O3)cc2)cc1. The summed E-state index contributed by atoms with van der Waals surface area (Å²) in [5.41, 5.74) is 5.26. The number of ether oxygens (including phenoxy) is 2. The van der Waals surface area contributed by atoms with Crippen molar-refractivity contribution in [1.29, 1.82) is 0 Å². The molecule has 6 unspecified atom stereocenters. The quantitative estimate of drug-likeness (QED) is 0.144. The third kappa shape index (κ3) is 9.34. The van der Waals surface area contributed by atoms with Gasteiger partial charge in [-0.05, 0) is 67.1 Å². The molecule has 6 rings (SSSR count). The molecule has 52 heavy (non-hydrogen) atoms. The fourth-order valence-corrected chi connectivity index (χ4v) is 8.21. The first-order valence-corrected chi connectivity index (χ1v) is 19.5. The maximum Gasteiger partial charge on any atom is 0.241 e. The summed E-state index contributed by atoms with van der Waals surface area (Å²) >= 11 is 0. The van der Waals surface area contributed by atoms with Gasteiger partial charge in [0.1, 0.15) is 6.04 Å². The van der Waals surface area contributed by atoms with E-state index in [4.69, 9.17) is 9.47 Å². The molecule has 11 heteroatoms. The highest BCUT2D eigenvalue weighted by atomic mass is 32.2. The summed E-state index contributed by atoms with van der Waals surface area (Å²) in [4.78, 5) is 16.0. The molecular formula is C41H49N3O7S. The van der Waals surface area contributed by atoms with E-state index < -0.39 is 28.3 Å². The molecule has 2 fully saturated rings. The molecule has 0 radical (unpaired) electrons. The van der Waals surface area contributed by atoms with Crippen LogP contribution in [0.15, 0.2) is 108 Å². The molecular weight excluding hydrogens is 679 g/mol. The van der Waals surface area contributed by atoms with Crippen molar-refractivity contribution in [3.63, 3.8) is 0 Å². The van der Waals surface area contributed by atoms with E-state index >= 15 is 0 Å². The first-order chi connectivity index (χ1) is 25.1. The number of carbonyl (C=O) groups is 1. The zero-order chi connectivity index (χ0) is 36.7. The summed E-state index contributed by atoms with van der Waals surface area (Å²) in [6.45, 7) is 5.90. The van der Waals surface area contributed by atoms with Gasteiger partial charge < -0.3 is 25.0 Å². The van der Waals surface area contributed by atoms with Crippen LogP contribution in [0.1, 0.15) is 65.5 Å². The highest BCUT2D eigenvalue weighted by molar-refractivity contribution is 7.89. The van der Waals surface area contributed by atoms with E-state index in [0.29, 0.717) is 6.54 Å². The maximum atomic E-state index is 13.6. The number of carbonyl (C=O) groups excluding carboxylic acids is 1. The molecule has 0 spiro atoms. The van der Waals surface area contributed by atoms with Crippen molar-refractivity contribution < 1.29 is 32.9 Å². The molecule has 4 N–H and O–H groups in total. The van der Waals surface area contributed by atoms with Crippen molar-refractivity contribution in [2.24, 2.45) is 5.92 Å². The monoisotopic (exact) mass is 727 g/mol. The van der Waals surface area contributed by atoms with E-state index in [2.05, 4.69) is 21.9 Å². The van der Waals surface area contributed by atoms with E-state index in [0.717, 1.165) is 52.8 Å². The Labute approximate surface area is 306 Å². The number of aliphatic hydroxyl groups excluding tert-OH is 2. The van der Waals surface area contributed by atoms with E-state index in [1.54, 1.807) is 12.1 Å². The van der Waals surface area contributed by atoms with Gasteiger partial charge in [-0.3, -0.25) is 9.69 Å². The minimum Gasteiger partial charge on any atom is -0.395 e. The van der Waals surface area contributed by atoms with E-state index in [1.165, 1.54) is 12.1 Å². The molecule has 2 saturated heterocycles. The number of hydrogen-bond acceptors (Lipinski definition) is 8. The van der Waals surface area contributed by atoms with Crippen molar-refractivity contribution in [3.05, 3.63) is 137 Å². The van der Waals surface area contributed by atoms with Gasteiger partial charge >= 0.3 is 0 Å². The zero-order valence-electron chi connectivity index (χ0n) is 29.7. The van der Waals surface area contributed by atoms with Gasteiger partial charge in [0.2, 0.25) is 15.9 Å². The molecule has 0 bridgehead atoms. The molecule has 2 aliphatic rings. The van der Waals surface area contributed by atoms with Crippen LogP contribution in [0.2, 0.25) is 0 Å². The molecule has 0 aromatic heterocycles. The van der Waals surface area contributed by atoms with Gasteiger partial charge in [0.25, 0.3) is 0 Å². The van der Waals surface area contributed by atoms with Gasteiger partial charge in [0, 0.05) is 30.6 Å². The molecule has 4 aromatic rings. The number of benzene rings is 4. The van der Waals surface area contributed by atoms with Crippen molar-refractivity contribution in [1.82, 2.24) is 14.9 Å². The van der Waals surface area contributed by atoms with Crippen molar-refractivity contribution in [2.45, 2.75) is 81.7 Å². The standard InChI is InChI=1S/C41H49N3O7S/c1-28-10-20-36(21-11-28)52(48,49)43-37(23-30-7-4-3-5-8-30)40(47)42-24-31-12-18-34(19-13-31)41-50-38(25-44-22-6-9-35(44)27-46)29(2)39(51-41)33-16-14-32(26-45)15-17-33/h3-5,7-8,10-21,29,35,37-39,41,43,45-46H,6,9,22-27H2,1-2H3,(H,42,47). The first-order valence-electron chi connectivity index (χ1n) is 18.0. The fraction of sp³-hybridized carbons (Fsp3) is 0.390. The minimum atomic E-state index is -3.96. The van der Waals surface area contributed by atoms with Gasteiger partial charge in [-0.25, -0.2) is 8.42 Å². The predicted molar refractivity (Wildman–Crippen MR) is 198 cm³/mol. The van der Waals surface area contributed by atoms with Crippen molar-refractivity contribution >= 4 is 15.9 Å².